The van der Waals surface area contributed by atoms with Crippen molar-refractivity contribution in [1.29, 1.82) is 0 Å². The molecule has 0 spiro atoms. The highest BCUT2D eigenvalue weighted by Crippen LogP contribution is 2.28. The van der Waals surface area contributed by atoms with E-state index in [1.165, 1.54) is 0 Å². The average Bonchev–Trinajstić information content (AvgIpc) is 2.24. The summed E-state index contributed by atoms with van der Waals surface area (Å²) in [6.45, 7) is 3.25. The first-order valence-corrected chi connectivity index (χ1v) is 7.66. The van der Waals surface area contributed by atoms with Crippen LogP contribution in [0.25, 0.3) is 0 Å². The van der Waals surface area contributed by atoms with E-state index >= 15 is 0 Å². The van der Waals surface area contributed by atoms with Gasteiger partial charge < -0.3 is 10.6 Å². The quantitative estimate of drug-likeness (QED) is 0.847. The third-order valence-corrected chi connectivity index (χ3v) is 3.31. The molecule has 0 amide bonds. The van der Waals surface area contributed by atoms with Gasteiger partial charge in [0.15, 0.2) is 0 Å². The molecule has 4 nitrogen and oxygen atoms in total. The summed E-state index contributed by atoms with van der Waals surface area (Å²) in [5.74, 6) is 1.70. The molecule has 17 heavy (non-hydrogen) atoms. The Balaban J connectivity index is 2.76. The normalized spacial score (nSPS) is 12.2. The van der Waals surface area contributed by atoms with Crippen LogP contribution in [0.1, 0.15) is 6.92 Å². The number of pyridine rings is 1. The number of nitrogens with zero attached hydrogens (tertiary/aromatic N) is 1. The fourth-order valence-electron chi connectivity index (χ4n) is 1.20. The topological polar surface area (TPSA) is 54.0 Å². The van der Waals surface area contributed by atoms with Crippen molar-refractivity contribution < 1.29 is 4.21 Å². The second kappa shape index (κ2) is 7.03. The molecular formula is C10H15Cl2N3OS. The molecule has 0 aliphatic rings. The fourth-order valence-corrected chi connectivity index (χ4v) is 2.08. The molecular weight excluding hydrogens is 281 g/mol. The van der Waals surface area contributed by atoms with Crippen LogP contribution in [0, 0.1) is 0 Å². The van der Waals surface area contributed by atoms with Crippen molar-refractivity contribution in [2.45, 2.75) is 6.92 Å². The van der Waals surface area contributed by atoms with Crippen LogP contribution in [0.4, 0.5) is 11.6 Å². The molecule has 0 fully saturated rings. The van der Waals surface area contributed by atoms with E-state index in [1.807, 2.05) is 6.92 Å². The average molecular weight is 296 g/mol. The summed E-state index contributed by atoms with van der Waals surface area (Å²) in [6, 6.07) is 1.64. The van der Waals surface area contributed by atoms with Crippen molar-refractivity contribution in [3.05, 3.63) is 16.1 Å². The summed E-state index contributed by atoms with van der Waals surface area (Å²) in [7, 11) is -0.834. The Kier molecular flexibility index (Phi) is 6.02. The van der Waals surface area contributed by atoms with E-state index in [1.54, 1.807) is 12.3 Å². The van der Waals surface area contributed by atoms with Crippen molar-refractivity contribution in [3.8, 4) is 0 Å². The highest BCUT2D eigenvalue weighted by molar-refractivity contribution is 7.84. The molecule has 1 heterocycles. The molecule has 0 aromatic carbocycles. The fraction of sp³-hybridized carbons (Fsp3) is 0.500. The molecule has 0 radical (unpaired) electrons. The minimum atomic E-state index is -0.834. The molecule has 1 rings (SSSR count). The predicted molar refractivity (Wildman–Crippen MR) is 75.8 cm³/mol. The maximum Gasteiger partial charge on any atom is 0.147 e. The highest BCUT2D eigenvalue weighted by atomic mass is 35.5. The van der Waals surface area contributed by atoms with Crippen molar-refractivity contribution in [2.24, 2.45) is 0 Å². The molecule has 7 heteroatoms. The molecule has 1 unspecified atom stereocenters. The molecule has 0 aliphatic heterocycles. The number of aromatic nitrogens is 1. The predicted octanol–water partition coefficient (Wildman–Crippen LogP) is 2.61. The van der Waals surface area contributed by atoms with Crippen LogP contribution in [-0.4, -0.2) is 34.3 Å². The standard InChI is InChI=1S/C10H15Cl2N3OS/c1-3-13-9-7(11)6-8(12)10(15-9)14-4-5-17(2)16/h6H,3-5H2,1-2H3,(H2,13,14,15). The highest BCUT2D eigenvalue weighted by Gasteiger charge is 2.08. The molecule has 1 atom stereocenters. The van der Waals surface area contributed by atoms with Gasteiger partial charge in [0.25, 0.3) is 0 Å². The van der Waals surface area contributed by atoms with Crippen LogP contribution in [0.5, 0.6) is 0 Å². The molecule has 0 aliphatic carbocycles. The van der Waals surface area contributed by atoms with E-state index in [4.69, 9.17) is 23.2 Å². The second-order valence-corrected chi connectivity index (χ2v) is 5.75. The molecule has 2 N–H and O–H groups in total. The van der Waals surface area contributed by atoms with Gasteiger partial charge >= 0.3 is 0 Å². The van der Waals surface area contributed by atoms with E-state index in [0.717, 1.165) is 6.54 Å². The lowest BCUT2D eigenvalue weighted by Crippen LogP contribution is -2.12. The summed E-state index contributed by atoms with van der Waals surface area (Å²) in [5, 5.41) is 7.02. The van der Waals surface area contributed by atoms with Crippen LogP contribution in [0.2, 0.25) is 10.0 Å². The van der Waals surface area contributed by atoms with Crippen LogP contribution in [0.15, 0.2) is 6.07 Å². The molecule has 1 aromatic rings. The maximum atomic E-state index is 10.9. The third-order valence-electron chi connectivity index (χ3n) is 1.96. The summed E-state index contributed by atoms with van der Waals surface area (Å²) in [5.41, 5.74) is 0. The van der Waals surface area contributed by atoms with Gasteiger partial charge in [0, 0.05) is 35.9 Å². The zero-order valence-electron chi connectivity index (χ0n) is 9.72. The minimum Gasteiger partial charge on any atom is -0.369 e. The Morgan fingerprint density at radius 2 is 1.88 bits per heavy atom. The monoisotopic (exact) mass is 295 g/mol. The molecule has 96 valence electrons. The van der Waals surface area contributed by atoms with Crippen molar-refractivity contribution in [1.82, 2.24) is 4.98 Å². The van der Waals surface area contributed by atoms with Gasteiger partial charge in [-0.05, 0) is 13.0 Å². The van der Waals surface area contributed by atoms with Crippen LogP contribution >= 0.6 is 23.2 Å². The lowest BCUT2D eigenvalue weighted by molar-refractivity contribution is 0.687. The lowest BCUT2D eigenvalue weighted by atomic mass is 10.4. The van der Waals surface area contributed by atoms with Gasteiger partial charge in [-0.15, -0.1) is 0 Å². The van der Waals surface area contributed by atoms with Crippen molar-refractivity contribution in [3.63, 3.8) is 0 Å². The van der Waals surface area contributed by atoms with Crippen LogP contribution in [0.3, 0.4) is 0 Å². The van der Waals surface area contributed by atoms with Crippen molar-refractivity contribution >= 4 is 45.6 Å². The summed E-state index contributed by atoms with van der Waals surface area (Å²) in [6.07, 6.45) is 1.66. The zero-order chi connectivity index (χ0) is 12.8. The Bertz CT molecular complexity index is 415. The Hall–Kier alpha value is -0.520. The number of hydrogen-bond acceptors (Lipinski definition) is 4. The Labute approximate surface area is 114 Å². The molecule has 0 saturated heterocycles. The Morgan fingerprint density at radius 3 is 2.41 bits per heavy atom. The first-order valence-electron chi connectivity index (χ1n) is 5.18. The van der Waals surface area contributed by atoms with Gasteiger partial charge in [0.05, 0.1) is 10.0 Å². The number of rotatable bonds is 6. The molecule has 1 aromatic heterocycles. The number of anilines is 2. The summed E-state index contributed by atoms with van der Waals surface area (Å²) < 4.78 is 10.9. The second-order valence-electron chi connectivity index (χ2n) is 3.38. The van der Waals surface area contributed by atoms with Gasteiger partial charge in [-0.2, -0.15) is 0 Å². The first kappa shape index (κ1) is 14.5. The van der Waals surface area contributed by atoms with Gasteiger partial charge in [-0.3, -0.25) is 4.21 Å². The van der Waals surface area contributed by atoms with Gasteiger partial charge in [0.1, 0.15) is 11.6 Å². The van der Waals surface area contributed by atoms with E-state index < -0.39 is 10.8 Å². The number of halogens is 2. The smallest absolute Gasteiger partial charge is 0.147 e. The summed E-state index contributed by atoms with van der Waals surface area (Å²) in [4.78, 5) is 4.27. The molecule has 0 saturated carbocycles. The Morgan fingerprint density at radius 1 is 1.29 bits per heavy atom. The van der Waals surface area contributed by atoms with E-state index in [9.17, 15) is 4.21 Å². The van der Waals surface area contributed by atoms with Gasteiger partial charge in [0.2, 0.25) is 0 Å². The SMILES string of the molecule is CCNc1nc(NCCS(C)=O)c(Cl)cc1Cl. The lowest BCUT2D eigenvalue weighted by Gasteiger charge is -2.11. The largest absolute Gasteiger partial charge is 0.369 e. The first-order chi connectivity index (χ1) is 8.04. The van der Waals surface area contributed by atoms with Gasteiger partial charge in [-0.25, -0.2) is 4.98 Å². The number of hydrogen-bond donors (Lipinski definition) is 2. The maximum absolute atomic E-state index is 10.9. The van der Waals surface area contributed by atoms with Gasteiger partial charge in [-0.1, -0.05) is 23.2 Å². The van der Waals surface area contributed by atoms with Crippen LogP contribution < -0.4 is 10.6 Å². The zero-order valence-corrected chi connectivity index (χ0v) is 12.0. The molecule has 0 bridgehead atoms. The van der Waals surface area contributed by atoms with Crippen molar-refractivity contribution in [2.75, 3.05) is 35.7 Å². The summed E-state index contributed by atoms with van der Waals surface area (Å²) >= 11 is 12.0. The van der Waals surface area contributed by atoms with E-state index in [-0.39, 0.29) is 0 Å². The van der Waals surface area contributed by atoms with E-state index in [2.05, 4.69) is 15.6 Å². The minimum absolute atomic E-state index is 0.457. The van der Waals surface area contributed by atoms with Crippen LogP contribution in [-0.2, 0) is 10.8 Å². The third kappa shape index (κ3) is 4.69. The van der Waals surface area contributed by atoms with E-state index in [0.29, 0.717) is 34.0 Å². The number of nitrogens with one attached hydrogen (secondary N) is 2.